The summed E-state index contributed by atoms with van der Waals surface area (Å²) in [4.78, 5) is 1.50. The van der Waals surface area contributed by atoms with Crippen LogP contribution in [0.2, 0.25) is 0 Å². The summed E-state index contributed by atoms with van der Waals surface area (Å²) in [6, 6.07) is 8.89. The maximum atomic E-state index is 3.70. The average molecular weight is 292 g/mol. The number of hydrogen-bond donors (Lipinski definition) is 1. The van der Waals surface area contributed by atoms with Gasteiger partial charge in [-0.1, -0.05) is 32.0 Å². The van der Waals surface area contributed by atoms with E-state index >= 15 is 0 Å². The van der Waals surface area contributed by atoms with Crippen molar-refractivity contribution in [2.75, 3.05) is 6.54 Å². The van der Waals surface area contributed by atoms with Crippen molar-refractivity contribution >= 4 is 11.8 Å². The molecule has 1 aliphatic heterocycles. The van der Waals surface area contributed by atoms with Crippen LogP contribution in [-0.4, -0.2) is 17.3 Å². The summed E-state index contributed by atoms with van der Waals surface area (Å²) in [5.41, 5.74) is 2.15. The van der Waals surface area contributed by atoms with Crippen LogP contribution in [0.15, 0.2) is 29.2 Å². The van der Waals surface area contributed by atoms with E-state index < -0.39 is 0 Å². The first-order valence-corrected chi connectivity index (χ1v) is 8.69. The van der Waals surface area contributed by atoms with Gasteiger partial charge in [0, 0.05) is 22.2 Å². The van der Waals surface area contributed by atoms with Crippen LogP contribution in [0.25, 0.3) is 0 Å². The predicted molar refractivity (Wildman–Crippen MR) is 90.6 cm³/mol. The first kappa shape index (κ1) is 15.9. The van der Waals surface area contributed by atoms with Gasteiger partial charge in [0.15, 0.2) is 0 Å². The van der Waals surface area contributed by atoms with E-state index in [2.05, 4.69) is 76.0 Å². The Labute approximate surface area is 128 Å². The van der Waals surface area contributed by atoms with Crippen LogP contribution in [0.3, 0.4) is 0 Å². The molecule has 0 fully saturated rings. The van der Waals surface area contributed by atoms with Crippen LogP contribution in [0.4, 0.5) is 0 Å². The molecule has 1 aromatic rings. The smallest absolute Gasteiger partial charge is 0.0141 e. The van der Waals surface area contributed by atoms with Gasteiger partial charge < -0.3 is 5.32 Å². The quantitative estimate of drug-likeness (QED) is 0.828. The molecule has 20 heavy (non-hydrogen) atoms. The van der Waals surface area contributed by atoms with Gasteiger partial charge in [-0.15, -0.1) is 11.8 Å². The molecule has 2 unspecified atom stereocenters. The zero-order valence-corrected chi connectivity index (χ0v) is 14.4. The van der Waals surface area contributed by atoms with Gasteiger partial charge in [0.1, 0.15) is 0 Å². The molecule has 0 spiro atoms. The molecule has 0 saturated heterocycles. The van der Waals surface area contributed by atoms with Crippen LogP contribution in [0, 0.1) is 5.41 Å². The highest BCUT2D eigenvalue weighted by molar-refractivity contribution is 8.00. The Hall–Kier alpha value is -0.470. The zero-order chi connectivity index (χ0) is 14.8. The van der Waals surface area contributed by atoms with Crippen LogP contribution >= 0.6 is 11.8 Å². The molecule has 112 valence electrons. The zero-order valence-electron chi connectivity index (χ0n) is 13.6. The molecule has 0 radical (unpaired) electrons. The Kier molecular flexibility index (Phi) is 4.86. The second-order valence-corrected chi connectivity index (χ2v) is 8.87. The van der Waals surface area contributed by atoms with Crippen LogP contribution in [-0.2, 0) is 6.42 Å². The lowest BCUT2D eigenvalue weighted by Gasteiger charge is -2.34. The minimum atomic E-state index is 0.211. The summed E-state index contributed by atoms with van der Waals surface area (Å²) >= 11 is 2.08. The van der Waals surface area contributed by atoms with E-state index in [4.69, 9.17) is 0 Å². The van der Waals surface area contributed by atoms with Gasteiger partial charge in [-0.25, -0.2) is 0 Å². The third-order valence-corrected chi connectivity index (χ3v) is 5.65. The maximum absolute atomic E-state index is 3.70. The maximum Gasteiger partial charge on any atom is 0.0141 e. The molecule has 0 bridgehead atoms. The molecule has 1 aliphatic rings. The first-order chi connectivity index (χ1) is 9.31. The van der Waals surface area contributed by atoms with Crippen molar-refractivity contribution in [3.8, 4) is 0 Å². The van der Waals surface area contributed by atoms with Gasteiger partial charge in [0.25, 0.3) is 0 Å². The largest absolute Gasteiger partial charge is 0.312 e. The fourth-order valence-corrected chi connectivity index (χ4v) is 4.31. The van der Waals surface area contributed by atoms with Crippen molar-refractivity contribution in [2.24, 2.45) is 5.41 Å². The number of fused-ring (bicyclic) bond motifs is 1. The van der Waals surface area contributed by atoms with E-state index in [0.29, 0.717) is 5.41 Å². The molecule has 1 heterocycles. The molecule has 1 aromatic carbocycles. The molecule has 0 amide bonds. The van der Waals surface area contributed by atoms with Crippen molar-refractivity contribution in [2.45, 2.75) is 69.6 Å². The monoisotopic (exact) mass is 291 g/mol. The molecular formula is C18H29NS. The minimum absolute atomic E-state index is 0.211. The number of thioether (sulfide) groups is 1. The highest BCUT2D eigenvalue weighted by Gasteiger charge is 2.31. The normalized spacial score (nSPS) is 21.6. The molecule has 0 aromatic heterocycles. The Balaban J connectivity index is 1.94. The highest BCUT2D eigenvalue weighted by Crippen LogP contribution is 2.42. The fourth-order valence-electron chi connectivity index (χ4n) is 2.74. The number of nitrogens with one attached hydrogen (secondary N) is 1. The van der Waals surface area contributed by atoms with E-state index in [1.54, 1.807) is 5.56 Å². The van der Waals surface area contributed by atoms with E-state index in [9.17, 15) is 0 Å². The molecule has 2 rings (SSSR count). The van der Waals surface area contributed by atoms with E-state index in [1.165, 1.54) is 24.2 Å². The molecule has 0 saturated carbocycles. The van der Waals surface area contributed by atoms with Crippen molar-refractivity contribution < 1.29 is 0 Å². The summed E-state index contributed by atoms with van der Waals surface area (Å²) in [5.74, 6) is 0. The van der Waals surface area contributed by atoms with Crippen molar-refractivity contribution in [3.05, 3.63) is 29.8 Å². The summed E-state index contributed by atoms with van der Waals surface area (Å²) < 4.78 is 0. The van der Waals surface area contributed by atoms with Gasteiger partial charge in [0.05, 0.1) is 0 Å². The Bertz CT molecular complexity index is 424. The van der Waals surface area contributed by atoms with E-state index in [1.807, 2.05) is 0 Å². The van der Waals surface area contributed by atoms with Gasteiger partial charge in [-0.3, -0.25) is 0 Å². The third-order valence-electron chi connectivity index (χ3n) is 4.33. The molecule has 0 aliphatic carbocycles. The Morgan fingerprint density at radius 1 is 1.20 bits per heavy atom. The van der Waals surface area contributed by atoms with Crippen molar-refractivity contribution in [1.82, 2.24) is 5.32 Å². The van der Waals surface area contributed by atoms with Gasteiger partial charge >= 0.3 is 0 Å². The summed E-state index contributed by atoms with van der Waals surface area (Å²) in [7, 11) is 0. The lowest BCUT2D eigenvalue weighted by molar-refractivity contribution is 0.237. The van der Waals surface area contributed by atoms with Crippen molar-refractivity contribution in [3.63, 3.8) is 0 Å². The summed E-state index contributed by atoms with van der Waals surface area (Å²) in [5, 5.41) is 4.45. The molecule has 2 heteroatoms. The van der Waals surface area contributed by atoms with Crippen LogP contribution in [0.1, 0.15) is 53.0 Å². The van der Waals surface area contributed by atoms with Crippen LogP contribution in [0.5, 0.6) is 0 Å². The number of hydrogen-bond acceptors (Lipinski definition) is 2. The fraction of sp³-hybridized carbons (Fsp3) is 0.667. The lowest BCUT2D eigenvalue weighted by atomic mass is 9.81. The molecular weight excluding hydrogens is 262 g/mol. The van der Waals surface area contributed by atoms with Gasteiger partial charge in [0.2, 0.25) is 0 Å². The number of rotatable bonds is 5. The number of benzene rings is 1. The molecule has 1 nitrogen and oxygen atoms in total. The van der Waals surface area contributed by atoms with Crippen molar-refractivity contribution in [1.29, 1.82) is 0 Å². The summed E-state index contributed by atoms with van der Waals surface area (Å²) in [6.07, 6.45) is 3.78. The first-order valence-electron chi connectivity index (χ1n) is 7.81. The molecule has 1 N–H and O–H groups in total. The van der Waals surface area contributed by atoms with Gasteiger partial charge in [-0.2, -0.15) is 0 Å². The second-order valence-electron chi connectivity index (χ2n) is 7.52. The van der Waals surface area contributed by atoms with Crippen LogP contribution < -0.4 is 5.32 Å². The lowest BCUT2D eigenvalue weighted by Crippen LogP contribution is -2.43. The highest BCUT2D eigenvalue weighted by atomic mass is 32.2. The summed E-state index contributed by atoms with van der Waals surface area (Å²) in [6.45, 7) is 12.6. The standard InChI is InChI=1S/C18H29NS/c1-6-18(5,13-19-17(2,3)4)12-15-11-14-9-7-8-10-16(14)20-15/h7-10,15,19H,6,11-13H2,1-5H3. The Morgan fingerprint density at radius 2 is 1.90 bits per heavy atom. The average Bonchev–Trinajstić information content (AvgIpc) is 2.77. The van der Waals surface area contributed by atoms with E-state index in [0.717, 1.165) is 11.8 Å². The predicted octanol–water partition coefficient (Wildman–Crippen LogP) is 4.90. The SMILES string of the molecule is CCC(C)(CNC(C)(C)C)CC1Cc2ccccc2S1. The topological polar surface area (TPSA) is 12.0 Å². The second kappa shape index (κ2) is 6.11. The van der Waals surface area contributed by atoms with E-state index in [-0.39, 0.29) is 5.54 Å². The molecule has 2 atom stereocenters. The van der Waals surface area contributed by atoms with Gasteiger partial charge in [-0.05, 0) is 57.1 Å². The Morgan fingerprint density at radius 3 is 2.50 bits per heavy atom. The third kappa shape index (κ3) is 4.26. The minimum Gasteiger partial charge on any atom is -0.312 e.